The average molecular weight is 382 g/mol. The van der Waals surface area contributed by atoms with Gasteiger partial charge in [0.05, 0.1) is 5.69 Å². The van der Waals surface area contributed by atoms with E-state index in [1.807, 2.05) is 11.3 Å². The lowest BCUT2D eigenvalue weighted by atomic mass is 10.1. The number of benzene rings is 2. The molecular formula is C23H29N2OS+. The van der Waals surface area contributed by atoms with E-state index in [1.54, 1.807) is 0 Å². The maximum absolute atomic E-state index is 6.18. The number of nitrogens with zero attached hydrogens (tertiary/aromatic N) is 2. The predicted molar refractivity (Wildman–Crippen MR) is 114 cm³/mol. The van der Waals surface area contributed by atoms with E-state index in [4.69, 9.17) is 4.74 Å². The molecule has 2 aromatic carbocycles. The predicted octanol–water partition coefficient (Wildman–Crippen LogP) is 5.56. The molecule has 0 bridgehead atoms. The smallest absolute Gasteiger partial charge is 0.238 e. The van der Waals surface area contributed by atoms with Gasteiger partial charge in [0.25, 0.3) is 0 Å². The van der Waals surface area contributed by atoms with E-state index >= 15 is 0 Å². The van der Waals surface area contributed by atoms with Crippen LogP contribution in [0.15, 0.2) is 48.5 Å². The maximum Gasteiger partial charge on any atom is 0.238 e. The molecule has 0 spiro atoms. The molecule has 1 aliphatic rings. The van der Waals surface area contributed by atoms with Crippen LogP contribution in [0.2, 0.25) is 0 Å². The number of fused-ring (bicyclic) bond motifs is 2. The Labute approximate surface area is 166 Å². The third kappa shape index (κ3) is 3.68. The zero-order chi connectivity index (χ0) is 18.6. The fourth-order valence-electron chi connectivity index (χ4n) is 4.14. The topological polar surface area (TPSA) is 16.4 Å². The highest BCUT2D eigenvalue weighted by Gasteiger charge is 2.28. The first-order valence-electron chi connectivity index (χ1n) is 10.2. The van der Waals surface area contributed by atoms with Crippen molar-refractivity contribution >= 4 is 27.2 Å². The summed E-state index contributed by atoms with van der Waals surface area (Å²) in [6, 6.07) is 17.2. The second-order valence-electron chi connectivity index (χ2n) is 7.13. The van der Waals surface area contributed by atoms with Crippen LogP contribution in [0.25, 0.3) is 10.2 Å². The standard InChI is InChI=1S/C23H29N2OS/c1-3-24-18-12-8-10-14-20(18)26-22(24)16-6-5-7-17-23-25(4-2)19-13-9-11-15-21(19)27-23/h8-15,22H,3-7,16-17H2,1-2H3/q+1. The lowest BCUT2D eigenvalue weighted by molar-refractivity contribution is -0.670. The Morgan fingerprint density at radius 2 is 1.81 bits per heavy atom. The van der Waals surface area contributed by atoms with E-state index in [9.17, 15) is 0 Å². The van der Waals surface area contributed by atoms with Crippen molar-refractivity contribution in [1.82, 2.24) is 0 Å². The number of hydrogen-bond donors (Lipinski definition) is 0. The molecule has 1 aromatic heterocycles. The van der Waals surface area contributed by atoms with Crippen LogP contribution >= 0.6 is 11.3 Å². The maximum atomic E-state index is 6.18. The minimum absolute atomic E-state index is 0.206. The summed E-state index contributed by atoms with van der Waals surface area (Å²) in [5, 5.41) is 1.51. The molecule has 0 saturated heterocycles. The first-order chi connectivity index (χ1) is 13.3. The van der Waals surface area contributed by atoms with Gasteiger partial charge in [0.2, 0.25) is 10.5 Å². The minimum atomic E-state index is 0.206. The van der Waals surface area contributed by atoms with Crippen LogP contribution < -0.4 is 14.2 Å². The molecule has 4 rings (SSSR count). The number of aryl methyl sites for hydroxylation is 2. The van der Waals surface area contributed by atoms with Gasteiger partial charge in [-0.25, -0.2) is 0 Å². The Morgan fingerprint density at radius 1 is 1.00 bits per heavy atom. The van der Waals surface area contributed by atoms with Gasteiger partial charge in [-0.2, -0.15) is 4.57 Å². The summed E-state index contributed by atoms with van der Waals surface area (Å²) in [6.07, 6.45) is 6.20. The highest BCUT2D eigenvalue weighted by Crippen LogP contribution is 2.37. The van der Waals surface area contributed by atoms with Gasteiger partial charge in [0, 0.05) is 25.5 Å². The van der Waals surface area contributed by atoms with Crippen molar-refractivity contribution in [2.45, 2.75) is 58.7 Å². The van der Waals surface area contributed by atoms with Crippen LogP contribution in [0.3, 0.4) is 0 Å². The van der Waals surface area contributed by atoms with Crippen LogP contribution in [0.1, 0.15) is 44.5 Å². The Kier molecular flexibility index (Phi) is 5.63. The highest BCUT2D eigenvalue weighted by molar-refractivity contribution is 7.18. The van der Waals surface area contributed by atoms with Gasteiger partial charge in [0.1, 0.15) is 17.0 Å². The third-order valence-electron chi connectivity index (χ3n) is 5.47. The summed E-state index contributed by atoms with van der Waals surface area (Å²) >= 11 is 1.96. The van der Waals surface area contributed by atoms with Crippen molar-refractivity contribution in [3.05, 3.63) is 53.5 Å². The van der Waals surface area contributed by atoms with Crippen molar-refractivity contribution in [2.24, 2.45) is 0 Å². The molecule has 1 aliphatic heterocycles. The zero-order valence-corrected chi connectivity index (χ0v) is 17.2. The van der Waals surface area contributed by atoms with E-state index in [0.717, 1.165) is 25.3 Å². The monoisotopic (exact) mass is 381 g/mol. The number of unbranched alkanes of at least 4 members (excludes halogenated alkanes) is 2. The van der Waals surface area contributed by atoms with Crippen molar-refractivity contribution in [1.29, 1.82) is 0 Å². The highest BCUT2D eigenvalue weighted by atomic mass is 32.1. The molecule has 0 saturated carbocycles. The number of aromatic nitrogens is 1. The number of ether oxygens (including phenoxy) is 1. The first-order valence-corrected chi connectivity index (χ1v) is 11.1. The summed E-state index contributed by atoms with van der Waals surface area (Å²) in [6.45, 7) is 6.51. The molecule has 27 heavy (non-hydrogen) atoms. The Bertz CT molecular complexity index is 904. The van der Waals surface area contributed by atoms with E-state index < -0.39 is 0 Å². The SMILES string of the molecule is CCN1c2ccccc2OC1CCCCCc1sc2ccccc2[n+]1CC. The van der Waals surface area contributed by atoms with Crippen molar-refractivity contribution in [2.75, 3.05) is 11.4 Å². The van der Waals surface area contributed by atoms with Gasteiger partial charge >= 0.3 is 0 Å². The quantitative estimate of drug-likeness (QED) is 0.375. The Hall–Kier alpha value is -2.07. The van der Waals surface area contributed by atoms with Crippen LogP contribution in [-0.4, -0.2) is 12.8 Å². The molecule has 2 heterocycles. The van der Waals surface area contributed by atoms with Gasteiger partial charge in [-0.3, -0.25) is 0 Å². The Morgan fingerprint density at radius 3 is 2.67 bits per heavy atom. The fraction of sp³-hybridized carbons (Fsp3) is 0.435. The molecule has 0 aliphatic carbocycles. The number of para-hydroxylation sites is 3. The molecule has 0 radical (unpaired) electrons. The van der Waals surface area contributed by atoms with E-state index in [1.165, 1.54) is 46.6 Å². The second-order valence-corrected chi connectivity index (χ2v) is 8.25. The van der Waals surface area contributed by atoms with E-state index in [2.05, 4.69) is 71.8 Å². The first kappa shape index (κ1) is 18.3. The van der Waals surface area contributed by atoms with Gasteiger partial charge in [-0.1, -0.05) is 42.0 Å². The van der Waals surface area contributed by atoms with Gasteiger partial charge in [-0.15, -0.1) is 0 Å². The summed E-state index contributed by atoms with van der Waals surface area (Å²) in [4.78, 5) is 2.40. The van der Waals surface area contributed by atoms with E-state index in [0.29, 0.717) is 0 Å². The molecule has 4 heteroatoms. The minimum Gasteiger partial charge on any atom is -0.468 e. The molecule has 1 unspecified atom stereocenters. The normalized spacial score (nSPS) is 15.9. The summed E-state index contributed by atoms with van der Waals surface area (Å²) in [7, 11) is 0. The Balaban J connectivity index is 1.29. The van der Waals surface area contributed by atoms with Gasteiger partial charge in [-0.05, 0) is 44.9 Å². The van der Waals surface area contributed by atoms with Crippen LogP contribution in [-0.2, 0) is 13.0 Å². The van der Waals surface area contributed by atoms with Gasteiger partial charge < -0.3 is 9.64 Å². The fourth-order valence-corrected chi connectivity index (χ4v) is 5.40. The number of rotatable bonds is 8. The second kappa shape index (κ2) is 8.30. The zero-order valence-electron chi connectivity index (χ0n) is 16.4. The van der Waals surface area contributed by atoms with Crippen molar-refractivity contribution in [3.63, 3.8) is 0 Å². The number of anilines is 1. The molecule has 3 aromatic rings. The molecule has 142 valence electrons. The lowest BCUT2D eigenvalue weighted by Gasteiger charge is -2.23. The molecule has 0 amide bonds. The molecule has 0 N–H and O–H groups in total. The molecular weight excluding hydrogens is 352 g/mol. The van der Waals surface area contributed by atoms with Crippen molar-refractivity contribution in [3.8, 4) is 5.75 Å². The van der Waals surface area contributed by atoms with Crippen LogP contribution in [0, 0.1) is 0 Å². The lowest BCUT2D eigenvalue weighted by Crippen LogP contribution is -2.35. The van der Waals surface area contributed by atoms with Crippen molar-refractivity contribution < 1.29 is 9.30 Å². The summed E-state index contributed by atoms with van der Waals surface area (Å²) in [5.41, 5.74) is 2.63. The third-order valence-corrected chi connectivity index (χ3v) is 6.69. The molecule has 0 fully saturated rings. The largest absolute Gasteiger partial charge is 0.468 e. The van der Waals surface area contributed by atoms with Crippen LogP contribution in [0.5, 0.6) is 5.75 Å². The number of hydrogen-bond acceptors (Lipinski definition) is 3. The summed E-state index contributed by atoms with van der Waals surface area (Å²) in [5.74, 6) is 1.04. The van der Waals surface area contributed by atoms with Crippen LogP contribution in [0.4, 0.5) is 5.69 Å². The van der Waals surface area contributed by atoms with Gasteiger partial charge in [0.15, 0.2) is 6.23 Å². The average Bonchev–Trinajstić information content (AvgIpc) is 3.24. The number of thiazole rings is 1. The molecule has 3 nitrogen and oxygen atoms in total. The summed E-state index contributed by atoms with van der Waals surface area (Å²) < 4.78 is 10.1. The molecule has 1 atom stereocenters. The van der Waals surface area contributed by atoms with E-state index in [-0.39, 0.29) is 6.23 Å².